The Bertz CT molecular complexity index is 447. The van der Waals surface area contributed by atoms with Gasteiger partial charge in [0, 0.05) is 6.07 Å². The number of aromatic amines is 2. The molecular formula is C8H9N3O2. The first-order valence-corrected chi connectivity index (χ1v) is 3.69. The molecule has 0 aliphatic rings. The van der Waals surface area contributed by atoms with E-state index in [0.717, 1.165) is 0 Å². The minimum Gasteiger partial charge on any atom is -0.309 e. The SMILES string of the molecule is CNCC#Cc1cc(=O)[nH][nH]c1=O. The summed E-state index contributed by atoms with van der Waals surface area (Å²) in [7, 11) is 1.75. The molecule has 5 heteroatoms. The van der Waals surface area contributed by atoms with Gasteiger partial charge in [-0.25, -0.2) is 0 Å². The molecule has 0 aliphatic heterocycles. The van der Waals surface area contributed by atoms with Crippen molar-refractivity contribution in [2.75, 3.05) is 13.6 Å². The average molecular weight is 179 g/mol. The molecule has 0 bridgehead atoms. The van der Waals surface area contributed by atoms with E-state index in [1.165, 1.54) is 6.07 Å². The predicted molar refractivity (Wildman–Crippen MR) is 48.5 cm³/mol. The van der Waals surface area contributed by atoms with E-state index in [-0.39, 0.29) is 16.7 Å². The minimum absolute atomic E-state index is 0.180. The van der Waals surface area contributed by atoms with Crippen molar-refractivity contribution in [3.8, 4) is 11.8 Å². The van der Waals surface area contributed by atoms with E-state index in [9.17, 15) is 9.59 Å². The van der Waals surface area contributed by atoms with E-state index < -0.39 is 0 Å². The smallest absolute Gasteiger partial charge is 0.278 e. The molecule has 68 valence electrons. The summed E-state index contributed by atoms with van der Waals surface area (Å²) in [5, 5.41) is 7.13. The van der Waals surface area contributed by atoms with E-state index in [2.05, 4.69) is 27.4 Å². The van der Waals surface area contributed by atoms with Crippen molar-refractivity contribution in [2.45, 2.75) is 0 Å². The molecule has 0 atom stereocenters. The number of aromatic nitrogens is 2. The van der Waals surface area contributed by atoms with Crippen LogP contribution in [0.15, 0.2) is 15.7 Å². The molecule has 3 N–H and O–H groups in total. The van der Waals surface area contributed by atoms with Gasteiger partial charge in [0.25, 0.3) is 11.1 Å². The average Bonchev–Trinajstić information content (AvgIpc) is 2.11. The van der Waals surface area contributed by atoms with Gasteiger partial charge in [0.05, 0.1) is 12.1 Å². The molecule has 5 nitrogen and oxygen atoms in total. The maximum atomic E-state index is 11.0. The Kier molecular flexibility index (Phi) is 3.06. The summed E-state index contributed by atoms with van der Waals surface area (Å²) in [4.78, 5) is 21.8. The zero-order valence-electron chi connectivity index (χ0n) is 7.10. The Morgan fingerprint density at radius 3 is 2.92 bits per heavy atom. The van der Waals surface area contributed by atoms with Crippen LogP contribution in [-0.2, 0) is 0 Å². The summed E-state index contributed by atoms with van der Waals surface area (Å²) in [5.41, 5.74) is -0.574. The third kappa shape index (κ3) is 2.61. The molecule has 0 saturated carbocycles. The summed E-state index contributed by atoms with van der Waals surface area (Å²) in [6.07, 6.45) is 0. The summed E-state index contributed by atoms with van der Waals surface area (Å²) >= 11 is 0. The van der Waals surface area contributed by atoms with Crippen LogP contribution in [0.2, 0.25) is 0 Å². The predicted octanol–water partition coefficient (Wildman–Crippen LogP) is -1.37. The topological polar surface area (TPSA) is 77.8 Å². The van der Waals surface area contributed by atoms with Crippen molar-refractivity contribution >= 4 is 0 Å². The van der Waals surface area contributed by atoms with Crippen LogP contribution in [0.3, 0.4) is 0 Å². The van der Waals surface area contributed by atoms with Crippen LogP contribution < -0.4 is 16.4 Å². The van der Waals surface area contributed by atoms with Gasteiger partial charge in [-0.2, -0.15) is 0 Å². The molecule has 0 aromatic carbocycles. The quantitative estimate of drug-likeness (QED) is 0.466. The molecule has 0 saturated heterocycles. The van der Waals surface area contributed by atoms with Crippen molar-refractivity contribution < 1.29 is 0 Å². The highest BCUT2D eigenvalue weighted by Crippen LogP contribution is 1.76. The highest BCUT2D eigenvalue weighted by molar-refractivity contribution is 5.30. The van der Waals surface area contributed by atoms with Gasteiger partial charge in [-0.15, -0.1) is 0 Å². The summed E-state index contributed by atoms with van der Waals surface area (Å²) < 4.78 is 0. The molecule has 0 amide bonds. The first-order chi connectivity index (χ1) is 6.24. The van der Waals surface area contributed by atoms with Crippen LogP contribution in [0.4, 0.5) is 0 Å². The zero-order valence-corrected chi connectivity index (χ0v) is 7.10. The Hall–Kier alpha value is -1.80. The van der Waals surface area contributed by atoms with Crippen molar-refractivity contribution in [3.05, 3.63) is 32.3 Å². The lowest BCUT2D eigenvalue weighted by molar-refractivity contribution is 0.935. The van der Waals surface area contributed by atoms with Gasteiger partial charge in [-0.05, 0) is 7.05 Å². The highest BCUT2D eigenvalue weighted by Gasteiger charge is 1.94. The Balaban J connectivity index is 3.03. The standard InChI is InChI=1S/C8H9N3O2/c1-9-4-2-3-6-5-7(12)10-11-8(6)13/h5,9H,4H2,1H3,(H,10,12)(H,11,13). The van der Waals surface area contributed by atoms with Gasteiger partial charge in [-0.1, -0.05) is 11.8 Å². The second kappa shape index (κ2) is 4.28. The fourth-order valence-electron chi connectivity index (χ4n) is 0.739. The molecule has 13 heavy (non-hydrogen) atoms. The second-order valence-corrected chi connectivity index (χ2v) is 2.33. The van der Waals surface area contributed by atoms with Crippen LogP contribution >= 0.6 is 0 Å². The monoisotopic (exact) mass is 179 g/mol. The number of hydrogen-bond donors (Lipinski definition) is 3. The van der Waals surface area contributed by atoms with Crippen LogP contribution in [0.25, 0.3) is 0 Å². The summed E-state index contributed by atoms with van der Waals surface area (Å²) in [6.45, 7) is 0.478. The lowest BCUT2D eigenvalue weighted by Gasteiger charge is -1.87. The van der Waals surface area contributed by atoms with Gasteiger partial charge >= 0.3 is 0 Å². The first-order valence-electron chi connectivity index (χ1n) is 3.69. The normalized spacial score (nSPS) is 9.00. The minimum atomic E-state index is -0.386. The van der Waals surface area contributed by atoms with Gasteiger partial charge in [0.2, 0.25) is 0 Å². The molecule has 0 aliphatic carbocycles. The van der Waals surface area contributed by atoms with Gasteiger partial charge in [0.1, 0.15) is 0 Å². The Morgan fingerprint density at radius 2 is 2.23 bits per heavy atom. The molecule has 1 aromatic rings. The van der Waals surface area contributed by atoms with Gasteiger partial charge < -0.3 is 5.32 Å². The molecule has 1 rings (SSSR count). The van der Waals surface area contributed by atoms with Crippen LogP contribution in [0.5, 0.6) is 0 Å². The summed E-state index contributed by atoms with van der Waals surface area (Å²) in [5.74, 6) is 5.26. The van der Waals surface area contributed by atoms with Crippen molar-refractivity contribution in [3.63, 3.8) is 0 Å². The van der Waals surface area contributed by atoms with Crippen molar-refractivity contribution in [1.29, 1.82) is 0 Å². The zero-order chi connectivity index (χ0) is 9.68. The van der Waals surface area contributed by atoms with Crippen LogP contribution in [-0.4, -0.2) is 23.8 Å². The fourth-order valence-corrected chi connectivity index (χ4v) is 0.739. The lowest BCUT2D eigenvalue weighted by Crippen LogP contribution is -2.20. The Labute approximate surface area is 74.2 Å². The maximum absolute atomic E-state index is 11.0. The Morgan fingerprint density at radius 1 is 1.46 bits per heavy atom. The number of rotatable bonds is 1. The molecule has 0 fully saturated rings. The molecule has 0 unspecified atom stereocenters. The number of hydrogen-bond acceptors (Lipinski definition) is 3. The third-order valence-corrected chi connectivity index (χ3v) is 1.31. The van der Waals surface area contributed by atoms with Crippen molar-refractivity contribution in [1.82, 2.24) is 15.5 Å². The molecule has 1 heterocycles. The third-order valence-electron chi connectivity index (χ3n) is 1.31. The molecule has 0 radical (unpaired) electrons. The van der Waals surface area contributed by atoms with E-state index in [4.69, 9.17) is 0 Å². The van der Waals surface area contributed by atoms with E-state index >= 15 is 0 Å². The highest BCUT2D eigenvalue weighted by atomic mass is 16.1. The fraction of sp³-hybridized carbons (Fsp3) is 0.250. The van der Waals surface area contributed by atoms with Crippen LogP contribution in [0, 0.1) is 11.8 Å². The summed E-state index contributed by atoms with van der Waals surface area (Å²) in [6, 6.07) is 1.17. The van der Waals surface area contributed by atoms with Crippen molar-refractivity contribution in [2.24, 2.45) is 0 Å². The van der Waals surface area contributed by atoms with Gasteiger partial charge in [-0.3, -0.25) is 19.8 Å². The molecule has 1 aromatic heterocycles. The molecular weight excluding hydrogens is 170 g/mol. The maximum Gasteiger partial charge on any atom is 0.278 e. The van der Waals surface area contributed by atoms with E-state index in [1.54, 1.807) is 7.05 Å². The second-order valence-electron chi connectivity index (χ2n) is 2.33. The lowest BCUT2D eigenvalue weighted by atomic mass is 10.3. The largest absolute Gasteiger partial charge is 0.309 e. The van der Waals surface area contributed by atoms with E-state index in [0.29, 0.717) is 6.54 Å². The van der Waals surface area contributed by atoms with Crippen LogP contribution in [0.1, 0.15) is 5.56 Å². The number of H-pyrrole nitrogens is 2. The van der Waals surface area contributed by atoms with E-state index in [1.807, 2.05) is 0 Å². The molecule has 0 spiro atoms. The first kappa shape index (κ1) is 9.29. The number of nitrogens with one attached hydrogen (secondary N) is 3. The van der Waals surface area contributed by atoms with Gasteiger partial charge in [0.15, 0.2) is 0 Å².